The fourth-order valence-corrected chi connectivity index (χ4v) is 6.91. The van der Waals surface area contributed by atoms with Crippen LogP contribution in [0.5, 0.6) is 0 Å². The number of benzene rings is 1. The van der Waals surface area contributed by atoms with Crippen molar-refractivity contribution >= 4 is 41.8 Å². The first-order chi connectivity index (χ1) is 11.2. The zero-order chi connectivity index (χ0) is 15.8. The van der Waals surface area contributed by atoms with E-state index in [1.54, 1.807) is 0 Å². The second-order valence-electron chi connectivity index (χ2n) is 6.87. The molecule has 2 atom stereocenters. The summed E-state index contributed by atoms with van der Waals surface area (Å²) in [5, 5.41) is 3.65. The molecule has 3 nitrogen and oxygen atoms in total. The first kappa shape index (κ1) is 18.4. The number of nitrogens with one attached hydrogen (secondary N) is 1. The van der Waals surface area contributed by atoms with Crippen LogP contribution in [0.2, 0.25) is 0 Å². The number of carbonyl (C=O) groups is 1. The van der Waals surface area contributed by atoms with Crippen LogP contribution in [0, 0.1) is 0 Å². The van der Waals surface area contributed by atoms with Gasteiger partial charge in [-0.1, -0.05) is 12.1 Å². The Labute approximate surface area is 159 Å². The number of nitrogens with zero attached hydrogens (tertiary/aromatic N) is 1. The van der Waals surface area contributed by atoms with Crippen LogP contribution in [0.3, 0.4) is 0 Å². The lowest BCUT2D eigenvalue weighted by molar-refractivity contribution is 0.0681. The zero-order valence-corrected chi connectivity index (χ0v) is 16.4. The monoisotopic (exact) mass is 384 g/mol. The number of hydrogen-bond donors (Lipinski definition) is 1. The van der Waals surface area contributed by atoms with Gasteiger partial charge in [0.1, 0.15) is 0 Å². The fourth-order valence-electron chi connectivity index (χ4n) is 4.05. The number of amides is 1. The summed E-state index contributed by atoms with van der Waals surface area (Å²) in [6.07, 6.45) is 4.75. The highest BCUT2D eigenvalue weighted by molar-refractivity contribution is 8.19. The summed E-state index contributed by atoms with van der Waals surface area (Å²) in [4.78, 5) is 14.8. The van der Waals surface area contributed by atoms with Gasteiger partial charge in [0.2, 0.25) is 0 Å². The van der Waals surface area contributed by atoms with E-state index in [9.17, 15) is 4.79 Å². The molecule has 2 bridgehead atoms. The predicted molar refractivity (Wildman–Crippen MR) is 106 cm³/mol. The smallest absolute Gasteiger partial charge is 0.253 e. The van der Waals surface area contributed by atoms with Crippen molar-refractivity contribution in [3.05, 3.63) is 35.4 Å². The van der Waals surface area contributed by atoms with E-state index in [-0.39, 0.29) is 18.3 Å². The molecular formula is C18H25ClN2OS2. The summed E-state index contributed by atoms with van der Waals surface area (Å²) in [6, 6.07) is 9.95. The van der Waals surface area contributed by atoms with E-state index in [1.165, 1.54) is 29.9 Å². The maximum Gasteiger partial charge on any atom is 0.253 e. The summed E-state index contributed by atoms with van der Waals surface area (Å²) in [5.74, 6) is 2.64. The number of fused-ring (bicyclic) bond motifs is 2. The van der Waals surface area contributed by atoms with Gasteiger partial charge in [0.25, 0.3) is 5.91 Å². The Morgan fingerprint density at radius 3 is 2.25 bits per heavy atom. The highest BCUT2D eigenvalue weighted by Gasteiger charge is 2.36. The molecule has 0 aromatic heterocycles. The zero-order valence-electron chi connectivity index (χ0n) is 13.9. The molecule has 0 radical (unpaired) electrons. The highest BCUT2D eigenvalue weighted by atomic mass is 35.5. The van der Waals surface area contributed by atoms with Crippen molar-refractivity contribution in [3.63, 3.8) is 0 Å². The Hall–Kier alpha value is -0.360. The molecule has 1 aromatic rings. The Bertz CT molecular complexity index is 565. The number of hydrogen-bond acceptors (Lipinski definition) is 4. The van der Waals surface area contributed by atoms with Gasteiger partial charge in [-0.2, -0.15) is 0 Å². The molecule has 3 aliphatic rings. The third-order valence-corrected chi connectivity index (χ3v) is 8.47. The molecule has 2 unspecified atom stereocenters. The molecule has 6 heteroatoms. The van der Waals surface area contributed by atoms with E-state index in [0.717, 1.165) is 18.4 Å². The first-order valence-corrected chi connectivity index (χ1v) is 10.7. The third kappa shape index (κ3) is 3.74. The van der Waals surface area contributed by atoms with Gasteiger partial charge in [-0.3, -0.25) is 4.79 Å². The lowest BCUT2D eigenvalue weighted by atomic mass is 9.98. The van der Waals surface area contributed by atoms with Crippen LogP contribution in [-0.4, -0.2) is 47.5 Å². The second kappa shape index (κ2) is 7.90. The standard InChI is InChI=1S/C18H24N2OS2.ClH/c1-20(16-10-14-6-7-15(11-16)19-14)17(21)12-2-4-13(5-3-12)18-22-8-9-23-18;/h2-5,14-16,18-19H,6-11H2,1H3;1H. The van der Waals surface area contributed by atoms with Crippen molar-refractivity contribution in [2.75, 3.05) is 18.6 Å². The van der Waals surface area contributed by atoms with Gasteiger partial charge in [0, 0.05) is 42.2 Å². The van der Waals surface area contributed by atoms with Crippen molar-refractivity contribution < 1.29 is 4.79 Å². The van der Waals surface area contributed by atoms with Crippen LogP contribution in [0.15, 0.2) is 24.3 Å². The Balaban J connectivity index is 0.00000169. The predicted octanol–water partition coefficient (Wildman–Crippen LogP) is 3.94. The fraction of sp³-hybridized carbons (Fsp3) is 0.611. The largest absolute Gasteiger partial charge is 0.339 e. The Kier molecular flexibility index (Phi) is 6.07. The molecule has 3 aliphatic heterocycles. The molecule has 0 saturated carbocycles. The summed E-state index contributed by atoms with van der Waals surface area (Å²) in [7, 11) is 1.98. The lowest BCUT2D eigenvalue weighted by Gasteiger charge is -2.35. The number of rotatable bonds is 3. The van der Waals surface area contributed by atoms with Crippen LogP contribution >= 0.6 is 35.9 Å². The van der Waals surface area contributed by atoms with Crippen molar-refractivity contribution in [3.8, 4) is 0 Å². The molecule has 1 N–H and O–H groups in total. The Morgan fingerprint density at radius 1 is 1.08 bits per heavy atom. The SMILES string of the molecule is CN(C(=O)c1ccc(C2SCCS2)cc1)C1CC2CCC(C1)N2.Cl. The van der Waals surface area contributed by atoms with E-state index in [2.05, 4.69) is 17.4 Å². The quantitative estimate of drug-likeness (QED) is 0.855. The minimum atomic E-state index is 0. The van der Waals surface area contributed by atoms with Gasteiger partial charge in [0.15, 0.2) is 0 Å². The molecule has 0 aliphatic carbocycles. The van der Waals surface area contributed by atoms with Crippen molar-refractivity contribution in [2.24, 2.45) is 0 Å². The van der Waals surface area contributed by atoms with Crippen LogP contribution < -0.4 is 5.32 Å². The Morgan fingerprint density at radius 2 is 1.67 bits per heavy atom. The van der Waals surface area contributed by atoms with Gasteiger partial charge in [-0.25, -0.2) is 0 Å². The molecule has 0 spiro atoms. The lowest BCUT2D eigenvalue weighted by Crippen LogP contribution is -2.48. The van der Waals surface area contributed by atoms with Gasteiger partial charge in [-0.05, 0) is 43.4 Å². The summed E-state index contributed by atoms with van der Waals surface area (Å²) in [6.45, 7) is 0. The summed E-state index contributed by atoms with van der Waals surface area (Å²) >= 11 is 4.01. The second-order valence-corrected chi connectivity index (χ2v) is 9.60. The van der Waals surface area contributed by atoms with Crippen LogP contribution in [0.4, 0.5) is 0 Å². The number of carbonyl (C=O) groups excluding carboxylic acids is 1. The van der Waals surface area contributed by atoms with Gasteiger partial charge in [0.05, 0.1) is 4.58 Å². The summed E-state index contributed by atoms with van der Waals surface area (Å²) in [5.41, 5.74) is 2.17. The van der Waals surface area contributed by atoms with Gasteiger partial charge in [-0.15, -0.1) is 35.9 Å². The average Bonchev–Trinajstić information content (AvgIpc) is 3.23. The minimum Gasteiger partial charge on any atom is -0.339 e. The maximum absolute atomic E-state index is 12.8. The third-order valence-electron chi connectivity index (χ3n) is 5.37. The van der Waals surface area contributed by atoms with Gasteiger partial charge >= 0.3 is 0 Å². The maximum atomic E-state index is 12.8. The average molecular weight is 385 g/mol. The minimum absolute atomic E-state index is 0. The van der Waals surface area contributed by atoms with Crippen molar-refractivity contribution in [2.45, 2.75) is 48.4 Å². The van der Waals surface area contributed by atoms with Crippen molar-refractivity contribution in [1.82, 2.24) is 10.2 Å². The molecule has 132 valence electrons. The number of thioether (sulfide) groups is 2. The van der Waals surface area contributed by atoms with E-state index < -0.39 is 0 Å². The molecule has 3 heterocycles. The molecule has 3 saturated heterocycles. The molecule has 1 amide bonds. The number of halogens is 1. The van der Waals surface area contributed by atoms with E-state index in [1.807, 2.05) is 47.6 Å². The van der Waals surface area contributed by atoms with Gasteiger partial charge < -0.3 is 10.2 Å². The highest BCUT2D eigenvalue weighted by Crippen LogP contribution is 2.45. The van der Waals surface area contributed by atoms with E-state index >= 15 is 0 Å². The summed E-state index contributed by atoms with van der Waals surface area (Å²) < 4.78 is 0.553. The topological polar surface area (TPSA) is 32.3 Å². The molecule has 24 heavy (non-hydrogen) atoms. The first-order valence-electron chi connectivity index (χ1n) is 8.57. The van der Waals surface area contributed by atoms with E-state index in [0.29, 0.717) is 22.7 Å². The van der Waals surface area contributed by atoms with E-state index in [4.69, 9.17) is 0 Å². The van der Waals surface area contributed by atoms with Crippen LogP contribution in [-0.2, 0) is 0 Å². The molecule has 4 rings (SSSR count). The molecule has 1 aromatic carbocycles. The molecule has 3 fully saturated rings. The van der Waals surface area contributed by atoms with Crippen molar-refractivity contribution in [1.29, 1.82) is 0 Å². The normalized spacial score (nSPS) is 29.3. The van der Waals surface area contributed by atoms with Crippen LogP contribution in [0.25, 0.3) is 0 Å². The molecular weight excluding hydrogens is 360 g/mol. The number of piperidine rings is 1. The van der Waals surface area contributed by atoms with Crippen LogP contribution in [0.1, 0.15) is 46.2 Å².